The maximum absolute atomic E-state index is 13.1. The summed E-state index contributed by atoms with van der Waals surface area (Å²) in [6, 6.07) is 13.5. The summed E-state index contributed by atoms with van der Waals surface area (Å²) in [6.07, 6.45) is 3.15. The quantitative estimate of drug-likeness (QED) is 0.521. The van der Waals surface area contributed by atoms with Gasteiger partial charge in [-0.05, 0) is 55.3 Å². The van der Waals surface area contributed by atoms with Crippen LogP contribution in [0.4, 0.5) is 11.5 Å². The van der Waals surface area contributed by atoms with E-state index in [1.807, 2.05) is 32.0 Å². The number of aryl methyl sites for hydroxylation is 2. The highest BCUT2D eigenvalue weighted by molar-refractivity contribution is 6.35. The Morgan fingerprint density at radius 2 is 1.71 bits per heavy atom. The maximum atomic E-state index is 13.1. The Morgan fingerprint density at radius 1 is 0.903 bits per heavy atom. The molecule has 2 aromatic heterocycles. The van der Waals surface area contributed by atoms with Gasteiger partial charge in [0.25, 0.3) is 17.7 Å². The fourth-order valence-electron chi connectivity index (χ4n) is 3.68. The maximum Gasteiger partial charge on any atom is 0.266 e. The SMILES string of the molecule is Cc1ccc(C)c(N2C(=O)c3ccc(C(=O)Nc4ccnc5ccnn45)cc3C2=O)c1. The van der Waals surface area contributed by atoms with E-state index in [0.717, 1.165) is 11.1 Å². The molecular formula is C23H17N5O3. The fourth-order valence-corrected chi connectivity index (χ4v) is 3.68. The van der Waals surface area contributed by atoms with Gasteiger partial charge in [-0.15, -0.1) is 0 Å². The zero-order chi connectivity index (χ0) is 21.7. The summed E-state index contributed by atoms with van der Waals surface area (Å²) in [5.74, 6) is -0.814. The number of nitrogens with zero attached hydrogens (tertiary/aromatic N) is 4. The van der Waals surface area contributed by atoms with Gasteiger partial charge in [0.2, 0.25) is 0 Å². The molecule has 1 N–H and O–H groups in total. The number of imide groups is 1. The molecule has 31 heavy (non-hydrogen) atoms. The molecule has 3 amide bonds. The third-order valence-electron chi connectivity index (χ3n) is 5.29. The normalized spacial score (nSPS) is 13.0. The first-order valence-corrected chi connectivity index (χ1v) is 9.64. The van der Waals surface area contributed by atoms with Crippen LogP contribution in [0.2, 0.25) is 0 Å². The van der Waals surface area contributed by atoms with Crippen LogP contribution in [0.25, 0.3) is 5.65 Å². The Labute approximate surface area is 177 Å². The Bertz CT molecular complexity index is 1410. The highest BCUT2D eigenvalue weighted by Crippen LogP contribution is 2.32. The largest absolute Gasteiger partial charge is 0.306 e. The van der Waals surface area contributed by atoms with E-state index >= 15 is 0 Å². The lowest BCUT2D eigenvalue weighted by Crippen LogP contribution is -2.30. The number of rotatable bonds is 3. The van der Waals surface area contributed by atoms with Crippen molar-refractivity contribution in [2.24, 2.45) is 0 Å². The monoisotopic (exact) mass is 411 g/mol. The summed E-state index contributed by atoms with van der Waals surface area (Å²) < 4.78 is 1.50. The molecular weight excluding hydrogens is 394 g/mol. The van der Waals surface area contributed by atoms with Crippen LogP contribution in [-0.4, -0.2) is 32.3 Å². The summed E-state index contributed by atoms with van der Waals surface area (Å²) >= 11 is 0. The predicted octanol–water partition coefficient (Wildman–Crippen LogP) is 3.40. The zero-order valence-corrected chi connectivity index (χ0v) is 16.8. The van der Waals surface area contributed by atoms with Gasteiger partial charge in [0.15, 0.2) is 5.65 Å². The van der Waals surface area contributed by atoms with Crippen molar-refractivity contribution in [2.45, 2.75) is 13.8 Å². The third kappa shape index (κ3) is 2.96. The molecule has 0 saturated carbocycles. The molecule has 152 valence electrons. The van der Waals surface area contributed by atoms with E-state index in [9.17, 15) is 14.4 Å². The van der Waals surface area contributed by atoms with E-state index in [-0.39, 0.29) is 16.7 Å². The highest BCUT2D eigenvalue weighted by atomic mass is 16.2. The van der Waals surface area contributed by atoms with E-state index in [1.54, 1.807) is 24.5 Å². The Morgan fingerprint density at radius 3 is 2.55 bits per heavy atom. The van der Waals surface area contributed by atoms with E-state index < -0.39 is 17.7 Å². The Hall–Kier alpha value is -4.33. The number of amides is 3. The smallest absolute Gasteiger partial charge is 0.266 e. The van der Waals surface area contributed by atoms with Crippen LogP contribution in [0.15, 0.2) is 60.9 Å². The zero-order valence-electron chi connectivity index (χ0n) is 16.8. The van der Waals surface area contributed by atoms with Crippen LogP contribution in [0.5, 0.6) is 0 Å². The minimum atomic E-state index is -0.443. The van der Waals surface area contributed by atoms with Crippen LogP contribution >= 0.6 is 0 Å². The van der Waals surface area contributed by atoms with Gasteiger partial charge < -0.3 is 5.32 Å². The first-order chi connectivity index (χ1) is 14.9. The van der Waals surface area contributed by atoms with Crippen molar-refractivity contribution in [2.75, 3.05) is 10.2 Å². The lowest BCUT2D eigenvalue weighted by Gasteiger charge is -2.17. The third-order valence-corrected chi connectivity index (χ3v) is 5.29. The second-order valence-electron chi connectivity index (χ2n) is 7.38. The number of anilines is 2. The van der Waals surface area contributed by atoms with E-state index in [0.29, 0.717) is 17.2 Å². The van der Waals surface area contributed by atoms with Gasteiger partial charge in [-0.1, -0.05) is 12.1 Å². The van der Waals surface area contributed by atoms with Gasteiger partial charge in [0.1, 0.15) is 5.82 Å². The molecule has 4 aromatic rings. The van der Waals surface area contributed by atoms with Crippen molar-refractivity contribution in [3.05, 3.63) is 88.7 Å². The number of benzene rings is 2. The van der Waals surface area contributed by atoms with Gasteiger partial charge in [0.05, 0.1) is 23.0 Å². The molecule has 0 unspecified atom stereocenters. The first kappa shape index (κ1) is 18.7. The predicted molar refractivity (Wildman–Crippen MR) is 114 cm³/mol. The molecule has 3 heterocycles. The number of aromatic nitrogens is 3. The number of nitrogens with one attached hydrogen (secondary N) is 1. The van der Waals surface area contributed by atoms with Crippen molar-refractivity contribution in [3.63, 3.8) is 0 Å². The molecule has 0 bridgehead atoms. The second kappa shape index (κ2) is 6.88. The number of hydrogen-bond acceptors (Lipinski definition) is 5. The van der Waals surface area contributed by atoms with Gasteiger partial charge in [-0.25, -0.2) is 9.88 Å². The lowest BCUT2D eigenvalue weighted by molar-refractivity contribution is 0.0925. The van der Waals surface area contributed by atoms with Crippen LogP contribution in [-0.2, 0) is 0 Å². The number of carbonyl (C=O) groups excluding carboxylic acids is 3. The van der Waals surface area contributed by atoms with Gasteiger partial charge >= 0.3 is 0 Å². The van der Waals surface area contributed by atoms with E-state index in [4.69, 9.17) is 0 Å². The van der Waals surface area contributed by atoms with Crippen LogP contribution in [0.3, 0.4) is 0 Å². The van der Waals surface area contributed by atoms with Crippen molar-refractivity contribution < 1.29 is 14.4 Å². The molecule has 8 heteroatoms. The fraction of sp³-hybridized carbons (Fsp3) is 0.0870. The highest BCUT2D eigenvalue weighted by Gasteiger charge is 2.37. The molecule has 0 saturated heterocycles. The summed E-state index contributed by atoms with van der Waals surface area (Å²) in [4.78, 5) is 44.2. The molecule has 5 rings (SSSR count). The van der Waals surface area contributed by atoms with E-state index in [1.165, 1.54) is 27.6 Å². The lowest BCUT2D eigenvalue weighted by atomic mass is 10.1. The Kier molecular flexibility index (Phi) is 4.14. The molecule has 0 fully saturated rings. The summed E-state index contributed by atoms with van der Waals surface area (Å²) in [5.41, 5.74) is 3.66. The number of fused-ring (bicyclic) bond motifs is 2. The van der Waals surface area contributed by atoms with E-state index in [2.05, 4.69) is 15.4 Å². The summed E-state index contributed by atoms with van der Waals surface area (Å²) in [5, 5.41) is 6.91. The Balaban J connectivity index is 1.48. The molecule has 8 nitrogen and oxygen atoms in total. The topological polar surface area (TPSA) is 96.7 Å². The van der Waals surface area contributed by atoms with Crippen molar-refractivity contribution in [1.29, 1.82) is 0 Å². The molecule has 0 aliphatic carbocycles. The van der Waals surface area contributed by atoms with Gasteiger partial charge in [-0.3, -0.25) is 14.4 Å². The molecule has 1 aliphatic rings. The summed E-state index contributed by atoms with van der Waals surface area (Å²) in [7, 11) is 0. The minimum absolute atomic E-state index is 0.206. The molecule has 0 radical (unpaired) electrons. The first-order valence-electron chi connectivity index (χ1n) is 9.64. The molecule has 0 spiro atoms. The van der Waals surface area contributed by atoms with Crippen molar-refractivity contribution >= 4 is 34.9 Å². The molecule has 2 aromatic carbocycles. The standard InChI is InChI=1S/C23H17N5O3/c1-13-3-4-14(2)18(11-13)27-22(30)16-6-5-15(12-17(16)23(27)31)21(29)26-20-7-9-24-19-8-10-25-28(19)20/h3-12H,1-2H3,(H,26,29). The number of carbonyl (C=O) groups is 3. The van der Waals surface area contributed by atoms with Crippen LogP contribution in [0, 0.1) is 13.8 Å². The molecule has 0 atom stereocenters. The minimum Gasteiger partial charge on any atom is -0.306 e. The van der Waals surface area contributed by atoms with Crippen molar-refractivity contribution in [1.82, 2.24) is 14.6 Å². The molecule has 1 aliphatic heterocycles. The van der Waals surface area contributed by atoms with Crippen LogP contribution < -0.4 is 10.2 Å². The van der Waals surface area contributed by atoms with Gasteiger partial charge in [-0.2, -0.15) is 9.61 Å². The average Bonchev–Trinajstić information content (AvgIpc) is 3.34. The van der Waals surface area contributed by atoms with Crippen molar-refractivity contribution in [3.8, 4) is 0 Å². The second-order valence-corrected chi connectivity index (χ2v) is 7.38. The van der Waals surface area contributed by atoms with Crippen LogP contribution in [0.1, 0.15) is 42.2 Å². The average molecular weight is 411 g/mol. The van der Waals surface area contributed by atoms with Gasteiger partial charge in [0, 0.05) is 17.8 Å². The summed E-state index contributed by atoms with van der Waals surface area (Å²) in [6.45, 7) is 3.75. The number of hydrogen-bond donors (Lipinski definition) is 1.